The summed E-state index contributed by atoms with van der Waals surface area (Å²) in [5, 5.41) is 11.1. The van der Waals surface area contributed by atoms with Gasteiger partial charge >= 0.3 is 6.09 Å². The number of aryl methyl sites for hydroxylation is 1. The standard InChI is InChI=1S/C24H31NO3/c1-17-9-11-18(12-10-17)20-7-5-6-8-21(20)22(26)19-13-15-25(16-14-19)23(27)28-24(2,3)4/h5-12,19,22,26H,13-16H2,1-4H3. The highest BCUT2D eigenvalue weighted by molar-refractivity contribution is 5.69. The van der Waals surface area contributed by atoms with Crippen LogP contribution < -0.4 is 0 Å². The third-order valence-electron chi connectivity index (χ3n) is 5.28. The summed E-state index contributed by atoms with van der Waals surface area (Å²) in [4.78, 5) is 14.0. The molecule has 0 spiro atoms. The first kappa shape index (κ1) is 20.4. The summed E-state index contributed by atoms with van der Waals surface area (Å²) in [6.07, 6.45) is 0.726. The summed E-state index contributed by atoms with van der Waals surface area (Å²) in [5.41, 5.74) is 3.88. The van der Waals surface area contributed by atoms with E-state index in [4.69, 9.17) is 4.74 Å². The van der Waals surface area contributed by atoms with Crippen molar-refractivity contribution in [1.82, 2.24) is 4.90 Å². The number of aliphatic hydroxyl groups is 1. The van der Waals surface area contributed by atoms with Gasteiger partial charge in [-0.05, 0) is 63.1 Å². The molecule has 1 fully saturated rings. The maximum absolute atomic E-state index is 12.3. The van der Waals surface area contributed by atoms with Crippen LogP contribution in [0.15, 0.2) is 48.5 Å². The van der Waals surface area contributed by atoms with Gasteiger partial charge in [0.05, 0.1) is 6.10 Å². The van der Waals surface area contributed by atoms with Gasteiger partial charge in [0.2, 0.25) is 0 Å². The molecular formula is C24H31NO3. The van der Waals surface area contributed by atoms with E-state index in [2.05, 4.69) is 37.3 Å². The van der Waals surface area contributed by atoms with Crippen LogP contribution in [0, 0.1) is 12.8 Å². The van der Waals surface area contributed by atoms with Crippen LogP contribution in [0.5, 0.6) is 0 Å². The number of carbonyl (C=O) groups excluding carboxylic acids is 1. The van der Waals surface area contributed by atoms with Crippen molar-refractivity contribution in [3.63, 3.8) is 0 Å². The number of hydrogen-bond acceptors (Lipinski definition) is 3. The van der Waals surface area contributed by atoms with Crippen molar-refractivity contribution in [3.05, 3.63) is 59.7 Å². The van der Waals surface area contributed by atoms with Crippen molar-refractivity contribution >= 4 is 6.09 Å². The van der Waals surface area contributed by atoms with Gasteiger partial charge in [-0.3, -0.25) is 0 Å². The Kier molecular flexibility index (Phi) is 6.09. The normalized spacial score (nSPS) is 16.7. The van der Waals surface area contributed by atoms with Gasteiger partial charge in [0.15, 0.2) is 0 Å². The summed E-state index contributed by atoms with van der Waals surface area (Å²) in [6, 6.07) is 16.5. The minimum absolute atomic E-state index is 0.130. The maximum Gasteiger partial charge on any atom is 0.410 e. The first-order valence-electron chi connectivity index (χ1n) is 10.1. The Morgan fingerprint density at radius 1 is 1.07 bits per heavy atom. The first-order valence-corrected chi connectivity index (χ1v) is 10.1. The Balaban J connectivity index is 1.70. The van der Waals surface area contributed by atoms with E-state index in [1.807, 2.05) is 39.0 Å². The summed E-state index contributed by atoms with van der Waals surface area (Å²) in [7, 11) is 0. The number of hydrogen-bond donors (Lipinski definition) is 1. The Morgan fingerprint density at radius 3 is 2.29 bits per heavy atom. The van der Waals surface area contributed by atoms with Crippen LogP contribution in [0.1, 0.15) is 50.8 Å². The molecule has 1 aliphatic rings. The third kappa shape index (κ3) is 4.93. The largest absolute Gasteiger partial charge is 0.444 e. The van der Waals surface area contributed by atoms with Crippen molar-refractivity contribution < 1.29 is 14.6 Å². The molecule has 1 heterocycles. The molecule has 1 amide bonds. The average molecular weight is 382 g/mol. The second kappa shape index (κ2) is 8.36. The van der Waals surface area contributed by atoms with Gasteiger partial charge in [0.1, 0.15) is 5.60 Å². The molecule has 0 bridgehead atoms. The molecule has 1 aliphatic heterocycles. The van der Waals surface area contributed by atoms with Gasteiger partial charge in [-0.15, -0.1) is 0 Å². The molecule has 2 aromatic carbocycles. The van der Waals surface area contributed by atoms with E-state index in [9.17, 15) is 9.90 Å². The molecule has 0 aliphatic carbocycles. The quantitative estimate of drug-likeness (QED) is 0.780. The van der Waals surface area contributed by atoms with Crippen LogP contribution in [0.2, 0.25) is 0 Å². The molecule has 3 rings (SSSR count). The van der Waals surface area contributed by atoms with E-state index in [1.54, 1.807) is 4.90 Å². The molecule has 0 saturated carbocycles. The molecule has 1 saturated heterocycles. The van der Waals surface area contributed by atoms with E-state index in [0.717, 1.165) is 29.5 Å². The Morgan fingerprint density at radius 2 is 1.68 bits per heavy atom. The summed E-state index contributed by atoms with van der Waals surface area (Å²) < 4.78 is 5.47. The van der Waals surface area contributed by atoms with Crippen molar-refractivity contribution in [2.45, 2.75) is 52.2 Å². The predicted molar refractivity (Wildman–Crippen MR) is 112 cm³/mol. The topological polar surface area (TPSA) is 49.8 Å². The average Bonchev–Trinajstić information content (AvgIpc) is 2.67. The number of aliphatic hydroxyl groups excluding tert-OH is 1. The summed E-state index contributed by atoms with van der Waals surface area (Å²) in [5.74, 6) is 0.130. The van der Waals surface area contributed by atoms with Gasteiger partial charge in [0, 0.05) is 13.1 Å². The highest BCUT2D eigenvalue weighted by Gasteiger charge is 2.31. The molecule has 150 valence electrons. The van der Waals surface area contributed by atoms with Crippen LogP contribution in [0.3, 0.4) is 0 Å². The molecule has 4 heteroatoms. The van der Waals surface area contributed by atoms with Gasteiger partial charge in [-0.1, -0.05) is 54.1 Å². The van der Waals surface area contributed by atoms with E-state index >= 15 is 0 Å². The molecule has 4 nitrogen and oxygen atoms in total. The SMILES string of the molecule is Cc1ccc(-c2ccccc2C(O)C2CCN(C(=O)OC(C)(C)C)CC2)cc1. The Bertz CT molecular complexity index is 799. The number of likely N-dealkylation sites (tertiary alicyclic amines) is 1. The van der Waals surface area contributed by atoms with Gasteiger partial charge in [-0.2, -0.15) is 0 Å². The lowest BCUT2D eigenvalue weighted by molar-refractivity contribution is 0.00773. The Labute approximate surface area is 168 Å². The highest BCUT2D eigenvalue weighted by Crippen LogP contribution is 2.36. The lowest BCUT2D eigenvalue weighted by atomic mass is 9.84. The molecule has 0 aromatic heterocycles. The number of benzene rings is 2. The fourth-order valence-electron chi connectivity index (χ4n) is 3.73. The van der Waals surface area contributed by atoms with Crippen molar-refractivity contribution in [2.24, 2.45) is 5.92 Å². The lowest BCUT2D eigenvalue weighted by Crippen LogP contribution is -2.42. The van der Waals surface area contributed by atoms with E-state index in [1.165, 1.54) is 5.56 Å². The number of nitrogens with zero attached hydrogens (tertiary/aromatic N) is 1. The van der Waals surface area contributed by atoms with Crippen LogP contribution in [-0.4, -0.2) is 34.8 Å². The van der Waals surface area contributed by atoms with Crippen molar-refractivity contribution in [1.29, 1.82) is 0 Å². The van der Waals surface area contributed by atoms with Gasteiger partial charge < -0.3 is 14.7 Å². The van der Waals surface area contributed by atoms with Crippen molar-refractivity contribution in [3.8, 4) is 11.1 Å². The Hall–Kier alpha value is -2.33. The number of rotatable bonds is 3. The molecule has 0 radical (unpaired) electrons. The zero-order valence-electron chi connectivity index (χ0n) is 17.3. The van der Waals surface area contributed by atoms with Crippen LogP contribution in [0.25, 0.3) is 11.1 Å². The first-order chi connectivity index (χ1) is 13.2. The molecular weight excluding hydrogens is 350 g/mol. The van der Waals surface area contributed by atoms with E-state index in [0.29, 0.717) is 13.1 Å². The summed E-state index contributed by atoms with van der Waals surface area (Å²) in [6.45, 7) is 8.94. The third-order valence-corrected chi connectivity index (χ3v) is 5.28. The predicted octanol–water partition coefficient (Wildman–Crippen LogP) is 5.34. The zero-order valence-corrected chi connectivity index (χ0v) is 17.3. The monoisotopic (exact) mass is 381 g/mol. The molecule has 1 unspecified atom stereocenters. The number of piperidine rings is 1. The van der Waals surface area contributed by atoms with Crippen LogP contribution in [0.4, 0.5) is 4.79 Å². The molecule has 28 heavy (non-hydrogen) atoms. The lowest BCUT2D eigenvalue weighted by Gasteiger charge is -2.35. The van der Waals surface area contributed by atoms with Crippen molar-refractivity contribution in [2.75, 3.05) is 13.1 Å². The molecule has 1 N–H and O–H groups in total. The molecule has 1 atom stereocenters. The van der Waals surface area contributed by atoms with E-state index < -0.39 is 11.7 Å². The fraction of sp³-hybridized carbons (Fsp3) is 0.458. The minimum atomic E-state index is -0.543. The fourth-order valence-corrected chi connectivity index (χ4v) is 3.73. The van der Waals surface area contributed by atoms with Gasteiger partial charge in [-0.25, -0.2) is 4.79 Å². The van der Waals surface area contributed by atoms with Crippen LogP contribution >= 0.6 is 0 Å². The number of ether oxygens (including phenoxy) is 1. The maximum atomic E-state index is 12.3. The van der Waals surface area contributed by atoms with Crippen LogP contribution in [-0.2, 0) is 4.74 Å². The molecule has 2 aromatic rings. The number of carbonyl (C=O) groups is 1. The second-order valence-electron chi connectivity index (χ2n) is 8.70. The zero-order chi connectivity index (χ0) is 20.3. The number of amides is 1. The highest BCUT2D eigenvalue weighted by atomic mass is 16.6. The smallest absolute Gasteiger partial charge is 0.410 e. The summed E-state index contributed by atoms with van der Waals surface area (Å²) >= 11 is 0. The second-order valence-corrected chi connectivity index (χ2v) is 8.70. The van der Waals surface area contributed by atoms with Gasteiger partial charge in [0.25, 0.3) is 0 Å². The van der Waals surface area contributed by atoms with E-state index in [-0.39, 0.29) is 12.0 Å². The minimum Gasteiger partial charge on any atom is -0.444 e.